The van der Waals surface area contributed by atoms with Crippen molar-refractivity contribution in [2.24, 2.45) is 0 Å². The summed E-state index contributed by atoms with van der Waals surface area (Å²) in [5, 5.41) is 3.03. The van der Waals surface area contributed by atoms with Gasteiger partial charge in [-0.05, 0) is 63.9 Å². The fourth-order valence-corrected chi connectivity index (χ4v) is 5.56. The highest BCUT2D eigenvalue weighted by Gasteiger charge is 2.24. The van der Waals surface area contributed by atoms with Crippen LogP contribution in [-0.4, -0.2) is 76.9 Å². The number of sulfonamides is 1. The van der Waals surface area contributed by atoms with E-state index in [0.29, 0.717) is 18.2 Å². The predicted octanol–water partition coefficient (Wildman–Crippen LogP) is 2.92. The second-order valence-electron chi connectivity index (χ2n) is 9.04. The summed E-state index contributed by atoms with van der Waals surface area (Å²) in [6.07, 6.45) is 9.59. The Hall–Kier alpha value is -1.64. The van der Waals surface area contributed by atoms with Crippen LogP contribution in [0.3, 0.4) is 0 Å². The number of rotatable bonds is 9. The molecule has 31 heavy (non-hydrogen) atoms. The van der Waals surface area contributed by atoms with E-state index < -0.39 is 10.0 Å². The van der Waals surface area contributed by atoms with Gasteiger partial charge in [0.1, 0.15) is 0 Å². The van der Waals surface area contributed by atoms with Crippen molar-refractivity contribution in [2.75, 3.05) is 52.2 Å². The first-order valence-electron chi connectivity index (χ1n) is 11.6. The van der Waals surface area contributed by atoms with Crippen molar-refractivity contribution >= 4 is 21.6 Å². The van der Waals surface area contributed by atoms with E-state index >= 15 is 0 Å². The minimum Gasteiger partial charge on any atom is -0.371 e. The van der Waals surface area contributed by atoms with Crippen molar-refractivity contribution in [1.82, 2.24) is 14.5 Å². The maximum atomic E-state index is 13.1. The Labute approximate surface area is 187 Å². The molecule has 2 fully saturated rings. The number of amides is 1. The van der Waals surface area contributed by atoms with Crippen LogP contribution < -0.4 is 10.2 Å². The Morgan fingerprint density at radius 3 is 2.39 bits per heavy atom. The fourth-order valence-electron chi connectivity index (χ4n) is 4.63. The third kappa shape index (κ3) is 5.99. The van der Waals surface area contributed by atoms with Crippen LogP contribution >= 0.6 is 0 Å². The van der Waals surface area contributed by atoms with E-state index in [-0.39, 0.29) is 10.8 Å². The number of carbonyl (C=O) groups is 1. The van der Waals surface area contributed by atoms with Gasteiger partial charge in [0, 0.05) is 45.5 Å². The van der Waals surface area contributed by atoms with Gasteiger partial charge in [-0.3, -0.25) is 4.79 Å². The molecule has 1 saturated carbocycles. The molecule has 174 valence electrons. The van der Waals surface area contributed by atoms with Gasteiger partial charge in [0.05, 0.1) is 10.5 Å². The van der Waals surface area contributed by atoms with Crippen molar-refractivity contribution in [3.8, 4) is 0 Å². The molecule has 8 heteroatoms. The molecule has 1 heterocycles. The van der Waals surface area contributed by atoms with Crippen LogP contribution in [-0.2, 0) is 10.0 Å². The van der Waals surface area contributed by atoms with E-state index in [2.05, 4.69) is 22.2 Å². The van der Waals surface area contributed by atoms with E-state index in [9.17, 15) is 13.2 Å². The van der Waals surface area contributed by atoms with E-state index in [0.717, 1.165) is 44.6 Å². The van der Waals surface area contributed by atoms with E-state index in [4.69, 9.17) is 0 Å². The number of nitrogens with zero attached hydrogens (tertiary/aromatic N) is 3. The Morgan fingerprint density at radius 1 is 1.06 bits per heavy atom. The Bertz CT molecular complexity index is 844. The van der Waals surface area contributed by atoms with Gasteiger partial charge in [-0.1, -0.05) is 19.3 Å². The number of benzene rings is 1. The first-order valence-corrected chi connectivity index (χ1v) is 13.0. The molecular weight excluding hydrogens is 412 g/mol. The smallest absolute Gasteiger partial charge is 0.253 e. The van der Waals surface area contributed by atoms with Crippen molar-refractivity contribution in [3.63, 3.8) is 0 Å². The van der Waals surface area contributed by atoms with Gasteiger partial charge < -0.3 is 15.1 Å². The van der Waals surface area contributed by atoms with Crippen molar-refractivity contribution < 1.29 is 13.2 Å². The van der Waals surface area contributed by atoms with E-state index in [1.807, 2.05) is 0 Å². The number of hydrogen-bond donors (Lipinski definition) is 1. The maximum absolute atomic E-state index is 13.1. The summed E-state index contributed by atoms with van der Waals surface area (Å²) in [6.45, 7) is 3.33. The lowest BCUT2D eigenvalue weighted by molar-refractivity contribution is 0.0951. The van der Waals surface area contributed by atoms with Gasteiger partial charge in [-0.25, -0.2) is 12.7 Å². The Balaban J connectivity index is 1.66. The average Bonchev–Trinajstić information content (AvgIpc) is 3.31. The molecule has 1 aromatic carbocycles. The fraction of sp³-hybridized carbons (Fsp3) is 0.696. The molecule has 1 N–H and O–H groups in total. The van der Waals surface area contributed by atoms with Crippen LogP contribution in [0.25, 0.3) is 0 Å². The van der Waals surface area contributed by atoms with Gasteiger partial charge >= 0.3 is 0 Å². The highest BCUT2D eigenvalue weighted by molar-refractivity contribution is 7.89. The molecule has 3 rings (SSSR count). The first-order chi connectivity index (χ1) is 14.8. The van der Waals surface area contributed by atoms with Crippen molar-refractivity contribution in [2.45, 2.75) is 62.3 Å². The normalized spacial score (nSPS) is 18.2. The van der Waals surface area contributed by atoms with Gasteiger partial charge in [0.15, 0.2) is 0 Å². The van der Waals surface area contributed by atoms with E-state index in [1.54, 1.807) is 12.1 Å². The third-order valence-corrected chi connectivity index (χ3v) is 8.42. The molecule has 1 amide bonds. The Kier molecular flexibility index (Phi) is 8.36. The van der Waals surface area contributed by atoms with Crippen LogP contribution in [0, 0.1) is 0 Å². The quantitative estimate of drug-likeness (QED) is 0.586. The number of nitrogens with one attached hydrogen (secondary N) is 1. The third-order valence-electron chi connectivity index (χ3n) is 6.61. The number of anilines is 1. The molecule has 1 aromatic rings. The molecular formula is C23H38N4O3S. The van der Waals surface area contributed by atoms with E-state index in [1.165, 1.54) is 56.6 Å². The van der Waals surface area contributed by atoms with Gasteiger partial charge in [0.2, 0.25) is 10.0 Å². The summed E-state index contributed by atoms with van der Waals surface area (Å²) in [5.41, 5.74) is 1.28. The molecule has 0 unspecified atom stereocenters. The summed E-state index contributed by atoms with van der Waals surface area (Å²) in [4.78, 5) is 17.8. The second kappa shape index (κ2) is 10.8. The van der Waals surface area contributed by atoms with Gasteiger partial charge in [-0.15, -0.1) is 0 Å². The molecule has 0 radical (unpaired) electrons. The zero-order valence-electron chi connectivity index (χ0n) is 19.3. The van der Waals surface area contributed by atoms with Crippen molar-refractivity contribution in [3.05, 3.63) is 23.8 Å². The monoisotopic (exact) mass is 450 g/mol. The zero-order valence-corrected chi connectivity index (χ0v) is 20.1. The summed E-state index contributed by atoms with van der Waals surface area (Å²) in [5.74, 6) is -0.196. The van der Waals surface area contributed by atoms with Crippen LogP contribution in [0.4, 0.5) is 5.69 Å². The van der Waals surface area contributed by atoms with Crippen molar-refractivity contribution in [1.29, 1.82) is 0 Å². The van der Waals surface area contributed by atoms with Crippen LogP contribution in [0.2, 0.25) is 0 Å². The molecule has 1 saturated heterocycles. The van der Waals surface area contributed by atoms with Crippen LogP contribution in [0.1, 0.15) is 61.7 Å². The lowest BCUT2D eigenvalue weighted by atomic mass is 9.94. The highest BCUT2D eigenvalue weighted by Crippen LogP contribution is 2.28. The molecule has 1 aliphatic carbocycles. The molecule has 0 bridgehead atoms. The molecule has 0 aromatic heterocycles. The minimum absolute atomic E-state index is 0.155. The first kappa shape index (κ1) is 24.0. The summed E-state index contributed by atoms with van der Waals surface area (Å²) >= 11 is 0. The summed E-state index contributed by atoms with van der Waals surface area (Å²) in [6, 6.07) is 5.60. The van der Waals surface area contributed by atoms with Crippen LogP contribution in [0.5, 0.6) is 0 Å². The lowest BCUT2D eigenvalue weighted by Crippen LogP contribution is -2.36. The second-order valence-corrected chi connectivity index (χ2v) is 11.2. The van der Waals surface area contributed by atoms with Gasteiger partial charge in [-0.2, -0.15) is 0 Å². The van der Waals surface area contributed by atoms with Gasteiger partial charge in [0.25, 0.3) is 5.91 Å². The molecule has 0 atom stereocenters. The zero-order chi connectivity index (χ0) is 22.4. The average molecular weight is 451 g/mol. The molecule has 7 nitrogen and oxygen atoms in total. The molecule has 0 spiro atoms. The number of carbonyl (C=O) groups excluding carboxylic acids is 1. The minimum atomic E-state index is -3.59. The predicted molar refractivity (Wildman–Crippen MR) is 125 cm³/mol. The Morgan fingerprint density at radius 2 is 1.74 bits per heavy atom. The summed E-state index contributed by atoms with van der Waals surface area (Å²) < 4.78 is 26.4. The maximum Gasteiger partial charge on any atom is 0.253 e. The molecule has 1 aliphatic heterocycles. The number of hydrogen-bond acceptors (Lipinski definition) is 5. The molecule has 2 aliphatic rings. The van der Waals surface area contributed by atoms with Crippen LogP contribution in [0.15, 0.2) is 23.1 Å². The SMILES string of the molecule is CN(CCCNC(=O)c1cc(S(=O)(=O)N(C)C)ccc1N1CCCC1)C1CCCCC1. The standard InChI is InChI=1S/C23H38N4O3S/c1-25(2)31(29,30)20-12-13-22(27-16-7-8-17-27)21(18-20)23(28)24-14-9-15-26(3)19-10-5-4-6-11-19/h12-13,18-19H,4-11,14-17H2,1-3H3,(H,24,28). The largest absolute Gasteiger partial charge is 0.371 e. The topological polar surface area (TPSA) is 73.0 Å². The highest BCUT2D eigenvalue weighted by atomic mass is 32.2. The summed E-state index contributed by atoms with van der Waals surface area (Å²) in [7, 11) is 1.60. The lowest BCUT2D eigenvalue weighted by Gasteiger charge is -2.31.